The van der Waals surface area contributed by atoms with Gasteiger partial charge in [0.2, 0.25) is 0 Å². The van der Waals surface area contributed by atoms with E-state index in [9.17, 15) is 4.79 Å². The Bertz CT molecular complexity index is 448. The van der Waals surface area contributed by atoms with Crippen molar-refractivity contribution in [3.63, 3.8) is 0 Å². The van der Waals surface area contributed by atoms with Crippen molar-refractivity contribution in [1.29, 1.82) is 0 Å². The van der Waals surface area contributed by atoms with Crippen molar-refractivity contribution < 1.29 is 9.90 Å². The summed E-state index contributed by atoms with van der Waals surface area (Å²) in [6, 6.07) is 0. The number of hydrogen-bond donors (Lipinski definition) is 2. The molecule has 0 aliphatic heterocycles. The molecule has 5 nitrogen and oxygen atoms in total. The topological polar surface area (TPSA) is 75.1 Å². The summed E-state index contributed by atoms with van der Waals surface area (Å²) in [5.74, 6) is 0.0440. The van der Waals surface area contributed by atoms with Crippen LogP contribution < -0.4 is 5.32 Å². The summed E-state index contributed by atoms with van der Waals surface area (Å²) in [6.07, 6.45) is 4.47. The first kappa shape index (κ1) is 12.8. The maximum Gasteiger partial charge on any atom is 0.306 e. The fourth-order valence-corrected chi connectivity index (χ4v) is 2.47. The fraction of sp³-hybridized carbons (Fsp3) is 0.615. The number of aromatic nitrogens is 2. The average Bonchev–Trinajstić information content (AvgIpc) is 2.79. The van der Waals surface area contributed by atoms with E-state index in [0.717, 1.165) is 36.5 Å². The third-order valence-corrected chi connectivity index (χ3v) is 3.71. The highest BCUT2D eigenvalue weighted by Gasteiger charge is 2.32. The summed E-state index contributed by atoms with van der Waals surface area (Å²) in [5, 5.41) is 12.3. The Labute approximate surface area is 107 Å². The monoisotopic (exact) mass is 249 g/mol. The first-order chi connectivity index (χ1) is 8.58. The number of aliphatic carboxylic acids is 1. The van der Waals surface area contributed by atoms with Gasteiger partial charge in [0.15, 0.2) is 0 Å². The second kappa shape index (κ2) is 5.33. The zero-order chi connectivity index (χ0) is 13.1. The van der Waals surface area contributed by atoms with Crippen LogP contribution in [0.15, 0.2) is 6.20 Å². The molecular formula is C13H19N3O2. The molecule has 0 radical (unpaired) electrons. The van der Waals surface area contributed by atoms with Crippen molar-refractivity contribution >= 4 is 11.8 Å². The van der Waals surface area contributed by atoms with Gasteiger partial charge < -0.3 is 10.4 Å². The van der Waals surface area contributed by atoms with E-state index in [2.05, 4.69) is 15.3 Å². The molecule has 0 amide bonds. The van der Waals surface area contributed by atoms with Crippen molar-refractivity contribution in [2.45, 2.75) is 33.1 Å². The molecule has 1 aromatic heterocycles. The van der Waals surface area contributed by atoms with E-state index in [4.69, 9.17) is 5.11 Å². The minimum absolute atomic E-state index is 0.200. The molecule has 2 rings (SSSR count). The van der Waals surface area contributed by atoms with Gasteiger partial charge in [-0.2, -0.15) is 0 Å². The number of aryl methyl sites for hydroxylation is 2. The smallest absolute Gasteiger partial charge is 0.306 e. The number of hydrogen-bond acceptors (Lipinski definition) is 4. The van der Waals surface area contributed by atoms with Gasteiger partial charge >= 0.3 is 5.97 Å². The van der Waals surface area contributed by atoms with Crippen LogP contribution in [-0.4, -0.2) is 27.6 Å². The van der Waals surface area contributed by atoms with Crippen LogP contribution in [0.1, 0.15) is 30.7 Å². The Morgan fingerprint density at radius 1 is 1.44 bits per heavy atom. The molecule has 1 fully saturated rings. The lowest BCUT2D eigenvalue weighted by Gasteiger charge is -2.16. The molecule has 2 atom stereocenters. The minimum atomic E-state index is -0.675. The van der Waals surface area contributed by atoms with E-state index in [0.29, 0.717) is 6.54 Å². The molecule has 1 aliphatic carbocycles. The highest BCUT2D eigenvalue weighted by molar-refractivity contribution is 5.70. The Morgan fingerprint density at radius 3 is 2.89 bits per heavy atom. The summed E-state index contributed by atoms with van der Waals surface area (Å²) in [5.41, 5.74) is 1.83. The van der Waals surface area contributed by atoms with Crippen LogP contribution in [0.25, 0.3) is 0 Å². The SMILES string of the molecule is Cc1ncc(NCC2CCCC2C(=O)O)nc1C. The minimum Gasteiger partial charge on any atom is -0.481 e. The Kier molecular flexibility index (Phi) is 3.79. The molecule has 0 saturated heterocycles. The molecule has 1 saturated carbocycles. The van der Waals surface area contributed by atoms with E-state index in [-0.39, 0.29) is 11.8 Å². The first-order valence-corrected chi connectivity index (χ1v) is 6.35. The van der Waals surface area contributed by atoms with Crippen molar-refractivity contribution in [3.8, 4) is 0 Å². The fourth-order valence-electron chi connectivity index (χ4n) is 2.47. The van der Waals surface area contributed by atoms with E-state index >= 15 is 0 Å². The third kappa shape index (κ3) is 2.78. The van der Waals surface area contributed by atoms with Gasteiger partial charge in [-0.25, -0.2) is 4.98 Å². The molecule has 1 heterocycles. The van der Waals surface area contributed by atoms with Crippen LogP contribution in [0.5, 0.6) is 0 Å². The number of rotatable bonds is 4. The van der Waals surface area contributed by atoms with Crippen molar-refractivity contribution in [2.24, 2.45) is 11.8 Å². The molecule has 0 bridgehead atoms. The van der Waals surface area contributed by atoms with E-state index in [1.165, 1.54) is 0 Å². The highest BCUT2D eigenvalue weighted by Crippen LogP contribution is 2.31. The van der Waals surface area contributed by atoms with Gasteiger partial charge in [0.1, 0.15) is 5.82 Å². The number of carboxylic acid groups (broad SMARTS) is 1. The van der Waals surface area contributed by atoms with Gasteiger partial charge in [-0.3, -0.25) is 9.78 Å². The largest absolute Gasteiger partial charge is 0.481 e. The van der Waals surface area contributed by atoms with Crippen LogP contribution in [-0.2, 0) is 4.79 Å². The van der Waals surface area contributed by atoms with Gasteiger partial charge in [-0.1, -0.05) is 6.42 Å². The Hall–Kier alpha value is -1.65. The molecule has 1 aliphatic rings. The maximum absolute atomic E-state index is 11.1. The second-order valence-corrected chi connectivity index (χ2v) is 4.94. The number of nitrogens with zero attached hydrogens (tertiary/aromatic N) is 2. The number of anilines is 1. The summed E-state index contributed by atoms with van der Waals surface area (Å²) in [7, 11) is 0. The zero-order valence-corrected chi connectivity index (χ0v) is 10.8. The lowest BCUT2D eigenvalue weighted by Crippen LogP contribution is -2.24. The molecule has 0 spiro atoms. The van der Waals surface area contributed by atoms with Crippen LogP contribution in [0.2, 0.25) is 0 Å². The van der Waals surface area contributed by atoms with Gasteiger partial charge in [0.25, 0.3) is 0 Å². The van der Waals surface area contributed by atoms with Crippen molar-refractivity contribution in [1.82, 2.24) is 9.97 Å². The van der Waals surface area contributed by atoms with E-state index < -0.39 is 5.97 Å². The predicted molar refractivity (Wildman–Crippen MR) is 68.5 cm³/mol. The lowest BCUT2D eigenvalue weighted by atomic mass is 9.96. The lowest BCUT2D eigenvalue weighted by molar-refractivity contribution is -0.142. The molecule has 2 N–H and O–H groups in total. The summed E-state index contributed by atoms with van der Waals surface area (Å²) in [4.78, 5) is 19.7. The molecular weight excluding hydrogens is 230 g/mol. The number of nitrogens with one attached hydrogen (secondary N) is 1. The molecule has 5 heteroatoms. The summed E-state index contributed by atoms with van der Waals surface area (Å²) >= 11 is 0. The summed E-state index contributed by atoms with van der Waals surface area (Å²) in [6.45, 7) is 4.50. The van der Waals surface area contributed by atoms with Gasteiger partial charge in [-0.15, -0.1) is 0 Å². The molecule has 18 heavy (non-hydrogen) atoms. The van der Waals surface area contributed by atoms with Gasteiger partial charge in [0.05, 0.1) is 23.5 Å². The van der Waals surface area contributed by atoms with Crippen LogP contribution in [0.3, 0.4) is 0 Å². The quantitative estimate of drug-likeness (QED) is 0.853. The third-order valence-electron chi connectivity index (χ3n) is 3.71. The predicted octanol–water partition coefficient (Wildman–Crippen LogP) is 2.01. The highest BCUT2D eigenvalue weighted by atomic mass is 16.4. The van der Waals surface area contributed by atoms with E-state index in [1.807, 2.05) is 13.8 Å². The number of carboxylic acids is 1. The Morgan fingerprint density at radius 2 is 2.22 bits per heavy atom. The standard InChI is InChI=1S/C13H19N3O2/c1-8-9(2)16-12(7-14-8)15-6-10-4-3-5-11(10)13(17)18/h7,10-11H,3-6H2,1-2H3,(H,15,16)(H,17,18). The number of carbonyl (C=O) groups is 1. The van der Waals surface area contributed by atoms with Crippen LogP contribution in [0.4, 0.5) is 5.82 Å². The van der Waals surface area contributed by atoms with Crippen molar-refractivity contribution in [3.05, 3.63) is 17.6 Å². The van der Waals surface area contributed by atoms with Gasteiger partial charge in [-0.05, 0) is 32.6 Å². The molecule has 2 unspecified atom stereocenters. The first-order valence-electron chi connectivity index (χ1n) is 6.35. The molecule has 1 aromatic rings. The normalized spacial score (nSPS) is 23.0. The average molecular weight is 249 g/mol. The zero-order valence-electron chi connectivity index (χ0n) is 10.8. The van der Waals surface area contributed by atoms with Crippen molar-refractivity contribution in [2.75, 3.05) is 11.9 Å². The van der Waals surface area contributed by atoms with E-state index in [1.54, 1.807) is 6.20 Å². The van der Waals surface area contributed by atoms with Gasteiger partial charge in [0, 0.05) is 6.54 Å². The molecule has 0 aromatic carbocycles. The summed E-state index contributed by atoms with van der Waals surface area (Å²) < 4.78 is 0. The Balaban J connectivity index is 1.94. The second-order valence-electron chi connectivity index (χ2n) is 4.94. The maximum atomic E-state index is 11.1. The van der Waals surface area contributed by atoms with Crippen LogP contribution >= 0.6 is 0 Å². The molecule has 98 valence electrons. The van der Waals surface area contributed by atoms with Crippen LogP contribution in [0, 0.1) is 25.7 Å².